The van der Waals surface area contributed by atoms with Crippen LogP contribution in [0.5, 0.6) is 0 Å². The van der Waals surface area contributed by atoms with Crippen LogP contribution in [0, 0.1) is 13.8 Å². The lowest BCUT2D eigenvalue weighted by Crippen LogP contribution is -2.21. The highest BCUT2D eigenvalue weighted by Gasteiger charge is 2.02. The van der Waals surface area contributed by atoms with Gasteiger partial charge in [-0.25, -0.2) is 4.98 Å². The monoisotopic (exact) mass is 330 g/mol. The van der Waals surface area contributed by atoms with Crippen molar-refractivity contribution in [1.29, 1.82) is 0 Å². The van der Waals surface area contributed by atoms with Gasteiger partial charge in [-0.1, -0.05) is 29.8 Å². The maximum absolute atomic E-state index is 4.77. The van der Waals surface area contributed by atoms with Gasteiger partial charge in [0.2, 0.25) is 0 Å². The van der Waals surface area contributed by atoms with Crippen molar-refractivity contribution in [3.05, 3.63) is 70.9 Å². The summed E-state index contributed by atoms with van der Waals surface area (Å²) in [4.78, 5) is 7.12. The number of fused-ring (bicyclic) bond motifs is 1. The Morgan fingerprint density at radius 2 is 1.60 bits per heavy atom. The summed E-state index contributed by atoms with van der Waals surface area (Å²) in [6, 6.07) is 17.3. The molecule has 0 N–H and O–H groups in total. The van der Waals surface area contributed by atoms with Crippen LogP contribution in [0.25, 0.3) is 23.1 Å². The zero-order valence-corrected chi connectivity index (χ0v) is 15.6. The second kappa shape index (κ2) is 7.52. The van der Waals surface area contributed by atoms with E-state index in [0.717, 1.165) is 24.3 Å². The second-order valence-electron chi connectivity index (χ2n) is 6.48. The Bertz CT molecular complexity index is 888. The van der Waals surface area contributed by atoms with Crippen molar-refractivity contribution in [2.24, 2.45) is 0 Å². The molecule has 3 rings (SSSR count). The fraction of sp³-hybridized carbons (Fsp3) is 0.261. The summed E-state index contributed by atoms with van der Waals surface area (Å²) in [6.45, 7) is 10.7. The topological polar surface area (TPSA) is 16.1 Å². The van der Waals surface area contributed by atoms with Crippen LogP contribution in [-0.4, -0.2) is 18.1 Å². The number of nitrogens with zero attached hydrogens (tertiary/aromatic N) is 2. The van der Waals surface area contributed by atoms with Gasteiger partial charge in [0.1, 0.15) is 0 Å². The first-order valence-electron chi connectivity index (χ1n) is 9.01. The number of pyridine rings is 1. The molecule has 0 atom stereocenters. The molecule has 2 nitrogen and oxygen atoms in total. The van der Waals surface area contributed by atoms with Gasteiger partial charge in [-0.2, -0.15) is 0 Å². The Kier molecular flexibility index (Phi) is 5.18. The molecule has 0 amide bonds. The molecule has 1 heterocycles. The molecule has 0 spiro atoms. The zero-order valence-electron chi connectivity index (χ0n) is 15.6. The van der Waals surface area contributed by atoms with Crippen LogP contribution in [0.15, 0.2) is 48.5 Å². The van der Waals surface area contributed by atoms with E-state index in [1.54, 1.807) is 0 Å². The quantitative estimate of drug-likeness (QED) is 0.582. The minimum absolute atomic E-state index is 1.00. The highest BCUT2D eigenvalue weighted by molar-refractivity contribution is 5.84. The van der Waals surface area contributed by atoms with Gasteiger partial charge in [-0.3, -0.25) is 0 Å². The Morgan fingerprint density at radius 3 is 2.28 bits per heavy atom. The van der Waals surface area contributed by atoms with Gasteiger partial charge < -0.3 is 4.90 Å². The smallest absolute Gasteiger partial charge is 0.0712 e. The third kappa shape index (κ3) is 3.90. The maximum Gasteiger partial charge on any atom is 0.0712 e. The molecule has 128 valence electrons. The van der Waals surface area contributed by atoms with Crippen LogP contribution in [-0.2, 0) is 0 Å². The molecule has 0 fully saturated rings. The molecule has 0 saturated heterocycles. The number of rotatable bonds is 5. The van der Waals surface area contributed by atoms with E-state index in [0.29, 0.717) is 0 Å². The molecule has 0 aliphatic carbocycles. The van der Waals surface area contributed by atoms with Gasteiger partial charge >= 0.3 is 0 Å². The van der Waals surface area contributed by atoms with E-state index in [4.69, 9.17) is 4.98 Å². The molecule has 1 aromatic heterocycles. The van der Waals surface area contributed by atoms with E-state index in [-0.39, 0.29) is 0 Å². The SMILES string of the molecule is CCN(CC)c1ccc(/C=C/c2cc(C)c3cc(C)ccc3n2)cc1. The van der Waals surface area contributed by atoms with Crippen molar-refractivity contribution in [1.82, 2.24) is 4.98 Å². The molecule has 2 heteroatoms. The van der Waals surface area contributed by atoms with Crippen LogP contribution in [0.1, 0.15) is 36.2 Å². The van der Waals surface area contributed by atoms with E-state index in [2.05, 4.69) is 93.3 Å². The molecule has 0 unspecified atom stereocenters. The first-order chi connectivity index (χ1) is 12.1. The lowest BCUT2D eigenvalue weighted by Gasteiger charge is -2.20. The number of anilines is 1. The molecule has 2 aromatic carbocycles. The fourth-order valence-corrected chi connectivity index (χ4v) is 3.19. The van der Waals surface area contributed by atoms with Crippen LogP contribution >= 0.6 is 0 Å². The molecule has 0 aliphatic heterocycles. The van der Waals surface area contributed by atoms with Crippen LogP contribution < -0.4 is 4.90 Å². The first kappa shape index (κ1) is 17.2. The summed E-state index contributed by atoms with van der Waals surface area (Å²) in [7, 11) is 0. The van der Waals surface area contributed by atoms with Gasteiger partial charge in [0.05, 0.1) is 11.2 Å². The number of aryl methyl sites for hydroxylation is 2. The summed E-state index contributed by atoms with van der Waals surface area (Å²) < 4.78 is 0. The molecular formula is C23H26N2. The average molecular weight is 330 g/mol. The van der Waals surface area contributed by atoms with Crippen molar-refractivity contribution in [3.63, 3.8) is 0 Å². The number of hydrogen-bond donors (Lipinski definition) is 0. The van der Waals surface area contributed by atoms with E-state index >= 15 is 0 Å². The predicted octanol–water partition coefficient (Wildman–Crippen LogP) is 5.87. The minimum atomic E-state index is 1.00. The van der Waals surface area contributed by atoms with E-state index in [1.807, 2.05) is 0 Å². The standard InChI is InChI=1S/C23H26N2/c1-5-25(6-2)21-12-9-19(10-13-21)8-11-20-16-18(4)22-15-17(3)7-14-23(22)24-20/h7-16H,5-6H2,1-4H3/b11-8+. The summed E-state index contributed by atoms with van der Waals surface area (Å²) in [6.07, 6.45) is 4.23. The summed E-state index contributed by atoms with van der Waals surface area (Å²) in [5, 5.41) is 1.24. The Hall–Kier alpha value is -2.61. The van der Waals surface area contributed by atoms with Crippen molar-refractivity contribution < 1.29 is 0 Å². The molecule has 0 aliphatic rings. The first-order valence-corrected chi connectivity index (χ1v) is 9.01. The largest absolute Gasteiger partial charge is 0.372 e. The fourth-order valence-electron chi connectivity index (χ4n) is 3.19. The number of aromatic nitrogens is 1. The summed E-state index contributed by atoms with van der Waals surface area (Å²) in [5.41, 5.74) is 7.07. The van der Waals surface area contributed by atoms with Gasteiger partial charge in [0.25, 0.3) is 0 Å². The third-order valence-corrected chi connectivity index (χ3v) is 4.66. The Labute approximate surface area is 150 Å². The molecule has 25 heavy (non-hydrogen) atoms. The average Bonchev–Trinajstić information content (AvgIpc) is 2.63. The van der Waals surface area contributed by atoms with Crippen molar-refractivity contribution >= 4 is 28.7 Å². The minimum Gasteiger partial charge on any atom is -0.372 e. The number of hydrogen-bond acceptors (Lipinski definition) is 2. The molecule has 0 radical (unpaired) electrons. The van der Waals surface area contributed by atoms with Gasteiger partial charge in [-0.05, 0) is 75.2 Å². The lowest BCUT2D eigenvalue weighted by molar-refractivity contribution is 0.866. The summed E-state index contributed by atoms with van der Waals surface area (Å²) >= 11 is 0. The third-order valence-electron chi connectivity index (χ3n) is 4.66. The predicted molar refractivity (Wildman–Crippen MR) is 110 cm³/mol. The second-order valence-corrected chi connectivity index (χ2v) is 6.48. The summed E-state index contributed by atoms with van der Waals surface area (Å²) in [5.74, 6) is 0. The van der Waals surface area contributed by atoms with Crippen molar-refractivity contribution in [2.75, 3.05) is 18.0 Å². The van der Waals surface area contributed by atoms with Gasteiger partial charge in [-0.15, -0.1) is 0 Å². The van der Waals surface area contributed by atoms with E-state index in [9.17, 15) is 0 Å². The molecular weight excluding hydrogens is 304 g/mol. The van der Waals surface area contributed by atoms with E-state index < -0.39 is 0 Å². The van der Waals surface area contributed by atoms with Crippen LogP contribution in [0.2, 0.25) is 0 Å². The van der Waals surface area contributed by atoms with Crippen LogP contribution in [0.4, 0.5) is 5.69 Å². The van der Waals surface area contributed by atoms with E-state index in [1.165, 1.54) is 27.8 Å². The maximum atomic E-state index is 4.77. The highest BCUT2D eigenvalue weighted by atomic mass is 15.1. The highest BCUT2D eigenvalue weighted by Crippen LogP contribution is 2.21. The van der Waals surface area contributed by atoms with Gasteiger partial charge in [0.15, 0.2) is 0 Å². The molecule has 0 bridgehead atoms. The zero-order chi connectivity index (χ0) is 17.8. The van der Waals surface area contributed by atoms with Crippen molar-refractivity contribution in [3.8, 4) is 0 Å². The Balaban J connectivity index is 1.84. The van der Waals surface area contributed by atoms with Crippen molar-refractivity contribution in [2.45, 2.75) is 27.7 Å². The van der Waals surface area contributed by atoms with Gasteiger partial charge in [0, 0.05) is 24.2 Å². The van der Waals surface area contributed by atoms with Crippen LogP contribution in [0.3, 0.4) is 0 Å². The Morgan fingerprint density at radius 1 is 0.880 bits per heavy atom. The number of benzene rings is 2. The lowest BCUT2D eigenvalue weighted by atomic mass is 10.1. The normalized spacial score (nSPS) is 11.4. The molecule has 0 saturated carbocycles. The molecule has 3 aromatic rings.